The van der Waals surface area contributed by atoms with E-state index in [0.29, 0.717) is 0 Å². The predicted molar refractivity (Wildman–Crippen MR) is 85.4 cm³/mol. The van der Waals surface area contributed by atoms with Crippen LogP contribution in [-0.4, -0.2) is 12.0 Å². The van der Waals surface area contributed by atoms with Gasteiger partial charge in [-0.05, 0) is 51.3 Å². The summed E-state index contributed by atoms with van der Waals surface area (Å²) in [6, 6.07) is 8.87. The Morgan fingerprint density at radius 3 is 2.70 bits per heavy atom. The minimum absolute atomic E-state index is 0.100. The molecule has 0 saturated heterocycles. The molecule has 0 spiro atoms. The van der Waals surface area contributed by atoms with Crippen molar-refractivity contribution in [2.75, 3.05) is 7.05 Å². The van der Waals surface area contributed by atoms with E-state index in [4.69, 9.17) is 4.98 Å². The number of rotatable bonds is 2. The van der Waals surface area contributed by atoms with E-state index in [1.54, 1.807) is 0 Å². The third kappa shape index (κ3) is 2.09. The maximum Gasteiger partial charge on any atom is 0.118 e. The van der Waals surface area contributed by atoms with Gasteiger partial charge in [-0.2, -0.15) is 0 Å². The Hall–Kier alpha value is -1.19. The molecule has 3 heteroatoms. The van der Waals surface area contributed by atoms with Crippen LogP contribution < -0.4 is 5.32 Å². The highest BCUT2D eigenvalue weighted by atomic mass is 32.1. The smallest absolute Gasteiger partial charge is 0.118 e. The van der Waals surface area contributed by atoms with Gasteiger partial charge in [0, 0.05) is 4.88 Å². The minimum Gasteiger partial charge on any atom is -0.305 e. The summed E-state index contributed by atoms with van der Waals surface area (Å²) in [5.41, 5.74) is 3.97. The highest BCUT2D eigenvalue weighted by Gasteiger charge is 2.38. The van der Waals surface area contributed by atoms with Crippen LogP contribution in [0.5, 0.6) is 0 Å². The van der Waals surface area contributed by atoms with Crippen LogP contribution in [0.25, 0.3) is 0 Å². The van der Waals surface area contributed by atoms with Gasteiger partial charge >= 0.3 is 0 Å². The molecule has 0 fully saturated rings. The molecular weight excluding hydrogens is 264 g/mol. The minimum atomic E-state index is -0.100. The second kappa shape index (κ2) is 5.30. The van der Waals surface area contributed by atoms with E-state index in [9.17, 15) is 0 Å². The van der Waals surface area contributed by atoms with Crippen molar-refractivity contribution in [3.05, 3.63) is 51.0 Å². The summed E-state index contributed by atoms with van der Waals surface area (Å²) >= 11 is 1.84. The third-order valence-electron chi connectivity index (χ3n) is 4.55. The number of nitrogens with one attached hydrogen (secondary N) is 1. The normalized spacial score (nSPS) is 22.4. The molecule has 2 aromatic rings. The van der Waals surface area contributed by atoms with E-state index in [1.165, 1.54) is 46.0 Å². The third-order valence-corrected chi connectivity index (χ3v) is 5.78. The Bertz CT molecular complexity index is 598. The molecule has 0 amide bonds. The molecule has 1 aliphatic rings. The van der Waals surface area contributed by atoms with E-state index in [2.05, 4.69) is 50.5 Å². The quantitative estimate of drug-likeness (QED) is 0.846. The van der Waals surface area contributed by atoms with Crippen molar-refractivity contribution in [1.82, 2.24) is 10.3 Å². The van der Waals surface area contributed by atoms with Crippen molar-refractivity contribution < 1.29 is 0 Å². The monoisotopic (exact) mass is 286 g/mol. The van der Waals surface area contributed by atoms with Gasteiger partial charge in [-0.15, -0.1) is 11.3 Å². The summed E-state index contributed by atoms with van der Waals surface area (Å²) in [7, 11) is 2.08. The van der Waals surface area contributed by atoms with Gasteiger partial charge in [-0.1, -0.05) is 30.7 Å². The lowest BCUT2D eigenvalue weighted by molar-refractivity contribution is 0.396. The van der Waals surface area contributed by atoms with Crippen molar-refractivity contribution in [2.24, 2.45) is 0 Å². The number of thiazole rings is 1. The Kier molecular flexibility index (Phi) is 3.65. The number of hydrogen-bond acceptors (Lipinski definition) is 3. The predicted octanol–water partition coefficient (Wildman–Crippen LogP) is 3.95. The Morgan fingerprint density at radius 2 is 2.00 bits per heavy atom. The fraction of sp³-hybridized carbons (Fsp3) is 0.471. The molecule has 3 rings (SSSR count). The molecule has 0 radical (unpaired) electrons. The van der Waals surface area contributed by atoms with Gasteiger partial charge in [-0.25, -0.2) is 4.98 Å². The first kappa shape index (κ1) is 13.8. The van der Waals surface area contributed by atoms with Crippen molar-refractivity contribution >= 4 is 11.3 Å². The Labute approximate surface area is 125 Å². The standard InChI is InChI=1S/C17H22N2S/c1-12-13(2)20-16(19-12)17(18-3)11-7-6-9-14-8-4-5-10-15(14)17/h4-5,8,10,18H,6-7,9,11H2,1-3H3. The zero-order valence-corrected chi connectivity index (χ0v) is 13.3. The molecule has 1 aromatic heterocycles. The van der Waals surface area contributed by atoms with Crippen molar-refractivity contribution in [3.8, 4) is 0 Å². The first-order chi connectivity index (χ1) is 9.67. The SMILES string of the molecule is CNC1(c2nc(C)c(C)s2)CCCCc2ccccc21. The number of aryl methyl sites for hydroxylation is 3. The summed E-state index contributed by atoms with van der Waals surface area (Å²) in [6.45, 7) is 4.28. The average Bonchev–Trinajstić information content (AvgIpc) is 2.71. The molecule has 1 heterocycles. The van der Waals surface area contributed by atoms with E-state index in [1.807, 2.05) is 11.3 Å². The lowest BCUT2D eigenvalue weighted by atomic mass is 9.85. The van der Waals surface area contributed by atoms with Crippen LogP contribution in [0.2, 0.25) is 0 Å². The van der Waals surface area contributed by atoms with Gasteiger partial charge in [0.1, 0.15) is 5.01 Å². The van der Waals surface area contributed by atoms with E-state index in [0.717, 1.165) is 6.42 Å². The van der Waals surface area contributed by atoms with Gasteiger partial charge in [0.05, 0.1) is 11.2 Å². The second-order valence-electron chi connectivity index (χ2n) is 5.68. The van der Waals surface area contributed by atoms with Gasteiger partial charge in [0.25, 0.3) is 0 Å². The topological polar surface area (TPSA) is 24.9 Å². The average molecular weight is 286 g/mol. The molecule has 1 unspecified atom stereocenters. The van der Waals surface area contributed by atoms with Gasteiger partial charge in [-0.3, -0.25) is 0 Å². The van der Waals surface area contributed by atoms with Gasteiger partial charge in [0.2, 0.25) is 0 Å². The fourth-order valence-corrected chi connectivity index (χ4v) is 4.39. The number of hydrogen-bond donors (Lipinski definition) is 1. The summed E-state index contributed by atoms with van der Waals surface area (Å²) in [6.07, 6.45) is 4.83. The molecule has 0 aliphatic heterocycles. The van der Waals surface area contributed by atoms with Crippen LogP contribution in [0.3, 0.4) is 0 Å². The van der Waals surface area contributed by atoms with Gasteiger partial charge < -0.3 is 5.32 Å². The number of fused-ring (bicyclic) bond motifs is 1. The molecule has 0 saturated carbocycles. The van der Waals surface area contributed by atoms with Crippen LogP contribution in [0.1, 0.15) is 46.0 Å². The van der Waals surface area contributed by atoms with Crippen LogP contribution in [0.15, 0.2) is 24.3 Å². The van der Waals surface area contributed by atoms with Crippen LogP contribution >= 0.6 is 11.3 Å². The Morgan fingerprint density at radius 1 is 1.20 bits per heavy atom. The van der Waals surface area contributed by atoms with Crippen LogP contribution in [-0.2, 0) is 12.0 Å². The number of aromatic nitrogens is 1. The fourth-order valence-electron chi connectivity index (χ4n) is 3.24. The maximum absolute atomic E-state index is 4.87. The molecule has 2 nitrogen and oxygen atoms in total. The van der Waals surface area contributed by atoms with Crippen LogP contribution in [0.4, 0.5) is 0 Å². The zero-order chi connectivity index (χ0) is 14.2. The Balaban J connectivity index is 2.21. The molecule has 20 heavy (non-hydrogen) atoms. The molecule has 0 bridgehead atoms. The molecule has 1 N–H and O–H groups in total. The maximum atomic E-state index is 4.87. The molecule has 1 aliphatic carbocycles. The molecule has 1 aromatic carbocycles. The summed E-state index contributed by atoms with van der Waals surface area (Å²) in [5, 5.41) is 4.84. The molecule has 1 atom stereocenters. The van der Waals surface area contributed by atoms with Crippen molar-refractivity contribution in [3.63, 3.8) is 0 Å². The first-order valence-corrected chi connectivity index (χ1v) is 8.21. The van der Waals surface area contributed by atoms with Crippen molar-refractivity contribution in [1.29, 1.82) is 0 Å². The largest absolute Gasteiger partial charge is 0.305 e. The number of nitrogens with zero attached hydrogens (tertiary/aromatic N) is 1. The van der Waals surface area contributed by atoms with E-state index < -0.39 is 0 Å². The lowest BCUT2D eigenvalue weighted by Gasteiger charge is -2.32. The van der Waals surface area contributed by atoms with Gasteiger partial charge in [0.15, 0.2) is 0 Å². The van der Waals surface area contributed by atoms with Crippen LogP contribution in [0, 0.1) is 13.8 Å². The van der Waals surface area contributed by atoms with E-state index in [-0.39, 0.29) is 5.54 Å². The summed E-state index contributed by atoms with van der Waals surface area (Å²) in [4.78, 5) is 6.20. The highest BCUT2D eigenvalue weighted by molar-refractivity contribution is 7.11. The summed E-state index contributed by atoms with van der Waals surface area (Å²) < 4.78 is 0. The van der Waals surface area contributed by atoms with E-state index >= 15 is 0 Å². The number of benzene rings is 1. The highest BCUT2D eigenvalue weighted by Crippen LogP contribution is 2.41. The van der Waals surface area contributed by atoms with Crippen molar-refractivity contribution in [2.45, 2.75) is 45.1 Å². The summed E-state index contributed by atoms with van der Waals surface area (Å²) in [5.74, 6) is 0. The molecule has 106 valence electrons. The lowest BCUT2D eigenvalue weighted by Crippen LogP contribution is -2.41. The zero-order valence-electron chi connectivity index (χ0n) is 12.5. The second-order valence-corrected chi connectivity index (χ2v) is 6.88. The first-order valence-electron chi connectivity index (χ1n) is 7.39. The molecular formula is C17H22N2S.